The molecule has 2 aromatic heterocycles. The number of aryl methyl sites for hydroxylation is 2. The van der Waals surface area contributed by atoms with Crippen LogP contribution in [0, 0.1) is 11.8 Å². The number of likely N-dealkylation sites (tertiary alicyclic amines) is 1. The van der Waals surface area contributed by atoms with Crippen molar-refractivity contribution in [3.05, 3.63) is 26.7 Å². The van der Waals surface area contributed by atoms with Crippen molar-refractivity contribution in [2.75, 3.05) is 13.1 Å². The number of nitrogens with one attached hydrogen (secondary N) is 1. The lowest BCUT2D eigenvalue weighted by molar-refractivity contribution is -0.926. The number of nitrogens with zero attached hydrogens (tertiary/aromatic N) is 4. The minimum absolute atomic E-state index is 0.242. The molecular formula is C19H32N5O2+. The summed E-state index contributed by atoms with van der Waals surface area (Å²) in [5.74, 6) is 2.35. The summed E-state index contributed by atoms with van der Waals surface area (Å²) in [7, 11) is 3.24. The molecule has 0 radical (unpaired) electrons. The molecule has 7 nitrogen and oxygen atoms in total. The van der Waals surface area contributed by atoms with Crippen molar-refractivity contribution in [3.63, 3.8) is 0 Å². The van der Waals surface area contributed by atoms with Gasteiger partial charge < -0.3 is 9.47 Å². The SMILES string of the molecule is CCCCn1c(C[NH+]2C[C@H](C)C[C@@H](C)C2)nc2c1c(=O)n(C)c(=O)n2C. The number of rotatable bonds is 5. The van der Waals surface area contributed by atoms with Gasteiger partial charge in [0.15, 0.2) is 17.0 Å². The van der Waals surface area contributed by atoms with Crippen LogP contribution in [0.5, 0.6) is 0 Å². The normalized spacial score (nSPS) is 23.7. The lowest BCUT2D eigenvalue weighted by Crippen LogP contribution is -3.13. The largest absolute Gasteiger partial charge is 0.332 e. The average molecular weight is 362 g/mol. The van der Waals surface area contributed by atoms with Gasteiger partial charge in [-0.05, 0) is 12.8 Å². The Kier molecular flexibility index (Phi) is 5.37. The molecule has 0 aromatic carbocycles. The minimum atomic E-state index is -0.318. The zero-order chi connectivity index (χ0) is 19.0. The summed E-state index contributed by atoms with van der Waals surface area (Å²) in [5.41, 5.74) is 0.521. The highest BCUT2D eigenvalue weighted by atomic mass is 16.2. The van der Waals surface area contributed by atoms with Gasteiger partial charge in [-0.15, -0.1) is 0 Å². The summed E-state index contributed by atoms with van der Waals surface area (Å²) in [6.07, 6.45) is 3.33. The van der Waals surface area contributed by atoms with Gasteiger partial charge in [0, 0.05) is 32.5 Å². The maximum atomic E-state index is 12.8. The second-order valence-corrected chi connectivity index (χ2v) is 8.19. The molecule has 0 amide bonds. The van der Waals surface area contributed by atoms with Gasteiger partial charge in [0.25, 0.3) is 5.56 Å². The summed E-state index contributed by atoms with van der Waals surface area (Å²) in [6.45, 7) is 10.6. The van der Waals surface area contributed by atoms with Crippen LogP contribution >= 0.6 is 0 Å². The molecule has 2 aromatic rings. The van der Waals surface area contributed by atoms with Crippen molar-refractivity contribution < 1.29 is 4.90 Å². The lowest BCUT2D eigenvalue weighted by Gasteiger charge is -2.31. The van der Waals surface area contributed by atoms with Gasteiger partial charge in [-0.1, -0.05) is 27.2 Å². The first kappa shape index (κ1) is 18.9. The molecule has 1 aliphatic heterocycles. The number of aromatic nitrogens is 4. The monoisotopic (exact) mass is 362 g/mol. The van der Waals surface area contributed by atoms with Gasteiger partial charge in [-0.25, -0.2) is 9.78 Å². The topological polar surface area (TPSA) is 66.3 Å². The summed E-state index contributed by atoms with van der Waals surface area (Å²) >= 11 is 0. The van der Waals surface area contributed by atoms with Crippen molar-refractivity contribution in [3.8, 4) is 0 Å². The summed E-state index contributed by atoms with van der Waals surface area (Å²) in [5, 5.41) is 0. The number of piperidine rings is 1. The van der Waals surface area contributed by atoms with Crippen LogP contribution in [0.4, 0.5) is 0 Å². The van der Waals surface area contributed by atoms with Crippen LogP contribution in [0.15, 0.2) is 9.59 Å². The van der Waals surface area contributed by atoms with E-state index in [0.29, 0.717) is 23.0 Å². The Hall–Kier alpha value is -1.89. The first-order valence-corrected chi connectivity index (χ1v) is 9.82. The number of quaternary nitrogens is 1. The summed E-state index contributed by atoms with van der Waals surface area (Å²) in [4.78, 5) is 31.3. The molecule has 144 valence electrons. The standard InChI is InChI=1S/C19H31N5O2/c1-6-7-8-24-15(12-23-10-13(2)9-14(3)11-23)20-17-16(24)18(25)22(5)19(26)21(17)4/h13-14H,6-12H2,1-5H3/p+1/t13-,14-/m1/s1. The number of fused-ring (bicyclic) bond motifs is 1. The van der Waals surface area contributed by atoms with E-state index in [2.05, 4.69) is 25.3 Å². The van der Waals surface area contributed by atoms with E-state index in [1.54, 1.807) is 14.1 Å². The maximum absolute atomic E-state index is 12.8. The van der Waals surface area contributed by atoms with Crippen LogP contribution in [0.3, 0.4) is 0 Å². The van der Waals surface area contributed by atoms with E-state index in [9.17, 15) is 9.59 Å². The fourth-order valence-electron chi connectivity index (χ4n) is 4.47. The van der Waals surface area contributed by atoms with E-state index >= 15 is 0 Å². The molecule has 1 saturated heterocycles. The van der Waals surface area contributed by atoms with Crippen LogP contribution in [-0.4, -0.2) is 31.8 Å². The van der Waals surface area contributed by atoms with Gasteiger partial charge >= 0.3 is 5.69 Å². The molecule has 0 bridgehead atoms. The Morgan fingerprint density at radius 1 is 1.12 bits per heavy atom. The molecule has 7 heteroatoms. The maximum Gasteiger partial charge on any atom is 0.332 e. The van der Waals surface area contributed by atoms with E-state index < -0.39 is 0 Å². The van der Waals surface area contributed by atoms with Crippen LogP contribution in [0.1, 0.15) is 45.9 Å². The number of hydrogen-bond donors (Lipinski definition) is 1. The molecule has 0 saturated carbocycles. The van der Waals surface area contributed by atoms with Crippen LogP contribution in [0.2, 0.25) is 0 Å². The lowest BCUT2D eigenvalue weighted by atomic mass is 9.92. The predicted octanol–water partition coefficient (Wildman–Crippen LogP) is 0.295. The van der Waals surface area contributed by atoms with E-state index in [4.69, 9.17) is 4.98 Å². The second kappa shape index (κ2) is 7.39. The molecule has 3 heterocycles. The molecule has 0 unspecified atom stereocenters. The second-order valence-electron chi connectivity index (χ2n) is 8.19. The highest BCUT2D eigenvalue weighted by Gasteiger charge is 2.28. The van der Waals surface area contributed by atoms with Crippen molar-refractivity contribution in [2.24, 2.45) is 25.9 Å². The van der Waals surface area contributed by atoms with Gasteiger partial charge in [0.2, 0.25) is 0 Å². The van der Waals surface area contributed by atoms with Crippen LogP contribution < -0.4 is 16.1 Å². The Morgan fingerprint density at radius 2 is 1.77 bits per heavy atom. The van der Waals surface area contributed by atoms with Gasteiger partial charge in [-0.2, -0.15) is 0 Å². The van der Waals surface area contributed by atoms with Gasteiger partial charge in [0.05, 0.1) is 13.1 Å². The third-order valence-corrected chi connectivity index (χ3v) is 5.65. The Morgan fingerprint density at radius 3 is 2.38 bits per heavy atom. The van der Waals surface area contributed by atoms with Crippen molar-refractivity contribution >= 4 is 11.2 Å². The predicted molar refractivity (Wildman–Crippen MR) is 102 cm³/mol. The van der Waals surface area contributed by atoms with Gasteiger partial charge in [0.1, 0.15) is 6.54 Å². The van der Waals surface area contributed by atoms with Crippen molar-refractivity contribution in [1.29, 1.82) is 0 Å². The smallest absolute Gasteiger partial charge is 0.328 e. The van der Waals surface area contributed by atoms with E-state index in [1.807, 2.05) is 0 Å². The fourth-order valence-corrected chi connectivity index (χ4v) is 4.47. The van der Waals surface area contributed by atoms with E-state index in [1.165, 1.54) is 20.5 Å². The number of hydrogen-bond acceptors (Lipinski definition) is 3. The molecule has 2 atom stereocenters. The highest BCUT2D eigenvalue weighted by Crippen LogP contribution is 2.15. The molecule has 26 heavy (non-hydrogen) atoms. The highest BCUT2D eigenvalue weighted by molar-refractivity contribution is 5.71. The molecule has 3 rings (SSSR count). The molecular weight excluding hydrogens is 330 g/mol. The molecule has 0 spiro atoms. The first-order chi connectivity index (χ1) is 12.3. The molecule has 1 aliphatic rings. The summed E-state index contributed by atoms with van der Waals surface area (Å²) < 4.78 is 4.76. The minimum Gasteiger partial charge on any atom is -0.328 e. The van der Waals surface area contributed by atoms with Crippen molar-refractivity contribution in [1.82, 2.24) is 18.7 Å². The zero-order valence-corrected chi connectivity index (χ0v) is 16.7. The Bertz CT molecular complexity index is 897. The Labute approximate surface area is 154 Å². The van der Waals surface area contributed by atoms with E-state index in [0.717, 1.165) is 44.8 Å². The molecule has 1 N–H and O–H groups in total. The van der Waals surface area contributed by atoms with Crippen LogP contribution in [0.25, 0.3) is 11.2 Å². The molecule has 0 aliphatic carbocycles. The summed E-state index contributed by atoms with van der Waals surface area (Å²) in [6, 6.07) is 0. The fraction of sp³-hybridized carbons (Fsp3) is 0.737. The number of imidazole rings is 1. The first-order valence-electron chi connectivity index (χ1n) is 9.82. The number of unbranched alkanes of at least 4 members (excludes halogenated alkanes) is 1. The molecule has 1 fully saturated rings. The average Bonchev–Trinajstić information content (AvgIpc) is 2.93. The zero-order valence-electron chi connectivity index (χ0n) is 16.7. The van der Waals surface area contributed by atoms with Crippen molar-refractivity contribution in [2.45, 2.75) is 53.1 Å². The Balaban J connectivity index is 2.09. The quantitative estimate of drug-likeness (QED) is 0.832. The van der Waals surface area contributed by atoms with Gasteiger partial charge in [-0.3, -0.25) is 13.9 Å². The van der Waals surface area contributed by atoms with E-state index in [-0.39, 0.29) is 11.2 Å². The third-order valence-electron chi connectivity index (χ3n) is 5.65. The van der Waals surface area contributed by atoms with Crippen LogP contribution in [-0.2, 0) is 27.2 Å². The third kappa shape index (κ3) is 3.37.